The Morgan fingerprint density at radius 2 is 1.31 bits per heavy atom. The molecule has 0 aromatic heterocycles. The highest BCUT2D eigenvalue weighted by molar-refractivity contribution is 6.04. The van der Waals surface area contributed by atoms with Gasteiger partial charge in [0.15, 0.2) is 0 Å². The average molecular weight is 226 g/mol. The molecule has 3 amide bonds. The summed E-state index contributed by atoms with van der Waals surface area (Å²) in [6, 6.07) is 0. The fourth-order valence-corrected chi connectivity index (χ4v) is 0.374. The van der Waals surface area contributed by atoms with Gasteiger partial charge in [-0.1, -0.05) is 19.7 Å². The van der Waals surface area contributed by atoms with Crippen molar-refractivity contribution in [3.05, 3.63) is 38.0 Å². The first-order chi connectivity index (χ1) is 7.51. The van der Waals surface area contributed by atoms with E-state index < -0.39 is 11.8 Å². The summed E-state index contributed by atoms with van der Waals surface area (Å²) in [5, 5.41) is 12.0. The molecular weight excluding hydrogens is 212 g/mol. The van der Waals surface area contributed by atoms with Gasteiger partial charge in [0.2, 0.25) is 17.7 Å². The minimum Gasteiger partial charge on any atom is -0.376 e. The van der Waals surface area contributed by atoms with Crippen LogP contribution < -0.4 is 10.6 Å². The van der Waals surface area contributed by atoms with Crippen molar-refractivity contribution in [3.8, 4) is 0 Å². The van der Waals surface area contributed by atoms with E-state index in [1.165, 1.54) is 0 Å². The highest BCUT2D eigenvalue weighted by Gasteiger charge is 1.96. The maximum atomic E-state index is 10.3. The van der Waals surface area contributed by atoms with Crippen LogP contribution in [0.25, 0.3) is 0 Å². The topological polar surface area (TPSA) is 95.5 Å². The first kappa shape index (κ1) is 16.2. The molecule has 16 heavy (non-hydrogen) atoms. The van der Waals surface area contributed by atoms with E-state index in [1.54, 1.807) is 0 Å². The van der Waals surface area contributed by atoms with Gasteiger partial charge in [0.05, 0.1) is 0 Å². The number of carbonyl (C=O) groups excluding carboxylic acids is 3. The van der Waals surface area contributed by atoms with E-state index in [9.17, 15) is 14.4 Å². The summed E-state index contributed by atoms with van der Waals surface area (Å²) in [6.45, 7) is 9.13. The Morgan fingerprint density at radius 3 is 1.50 bits per heavy atom. The molecule has 0 aliphatic carbocycles. The summed E-state index contributed by atoms with van der Waals surface area (Å²) < 4.78 is 0. The maximum absolute atomic E-state index is 10.3. The quantitative estimate of drug-likeness (QED) is 0.433. The molecule has 6 nitrogen and oxygen atoms in total. The Bertz CT molecular complexity index is 279. The van der Waals surface area contributed by atoms with Crippen molar-refractivity contribution in [2.75, 3.05) is 6.73 Å². The van der Waals surface area contributed by atoms with Gasteiger partial charge in [-0.2, -0.15) is 0 Å². The number of aliphatic hydroxyl groups excluding tert-OH is 1. The normalized spacial score (nSPS) is 7.56. The van der Waals surface area contributed by atoms with E-state index in [4.69, 9.17) is 5.11 Å². The van der Waals surface area contributed by atoms with Gasteiger partial charge in [-0.15, -0.1) is 0 Å². The van der Waals surface area contributed by atoms with E-state index in [1.807, 2.05) is 5.32 Å². The van der Waals surface area contributed by atoms with Gasteiger partial charge >= 0.3 is 0 Å². The third-order valence-corrected chi connectivity index (χ3v) is 1.06. The van der Waals surface area contributed by atoms with Crippen molar-refractivity contribution >= 4 is 17.7 Å². The van der Waals surface area contributed by atoms with Gasteiger partial charge in [0, 0.05) is 0 Å². The molecule has 3 N–H and O–H groups in total. The average Bonchev–Trinajstić information content (AvgIpc) is 2.29. The zero-order valence-electron chi connectivity index (χ0n) is 8.73. The molecule has 0 radical (unpaired) electrons. The van der Waals surface area contributed by atoms with Crippen molar-refractivity contribution in [3.63, 3.8) is 0 Å². The smallest absolute Gasteiger partial charge is 0.250 e. The molecule has 6 heteroatoms. The number of hydrogen-bond acceptors (Lipinski definition) is 4. The zero-order chi connectivity index (χ0) is 13.0. The molecular formula is C10H14N2O4. The number of carbonyl (C=O) groups is 3. The number of amides is 3. The monoisotopic (exact) mass is 226 g/mol. The maximum Gasteiger partial charge on any atom is 0.250 e. The van der Waals surface area contributed by atoms with Crippen LogP contribution in [0.1, 0.15) is 0 Å². The standard InChI is InChI=1S/C6H7NO2.C4H7NO2/c1-3-5(8)7-6(9)4-2;1-2-4(7)5-3-6/h3-4H,1-2H2,(H,7,8,9);2,6H,1,3H2,(H,5,7). The van der Waals surface area contributed by atoms with Gasteiger partial charge in [-0.25, -0.2) is 0 Å². The second-order valence-electron chi connectivity index (χ2n) is 2.17. The molecule has 0 bridgehead atoms. The van der Waals surface area contributed by atoms with E-state index in [2.05, 4.69) is 25.1 Å². The summed E-state index contributed by atoms with van der Waals surface area (Å²) in [6.07, 6.45) is 3.12. The van der Waals surface area contributed by atoms with Crippen molar-refractivity contribution in [2.24, 2.45) is 0 Å². The molecule has 0 unspecified atom stereocenters. The van der Waals surface area contributed by atoms with Gasteiger partial charge in [0.25, 0.3) is 0 Å². The second kappa shape index (κ2) is 10.9. The molecule has 0 saturated heterocycles. The largest absolute Gasteiger partial charge is 0.376 e. The molecule has 0 aliphatic heterocycles. The predicted octanol–water partition coefficient (Wildman–Crippen LogP) is -0.760. The van der Waals surface area contributed by atoms with E-state index in [0.717, 1.165) is 18.2 Å². The third-order valence-electron chi connectivity index (χ3n) is 1.06. The number of nitrogens with one attached hydrogen (secondary N) is 2. The molecule has 0 aromatic rings. The summed E-state index contributed by atoms with van der Waals surface area (Å²) in [5.74, 6) is -1.39. The Morgan fingerprint density at radius 1 is 0.938 bits per heavy atom. The Kier molecular flexibility index (Phi) is 11.0. The van der Waals surface area contributed by atoms with Crippen LogP contribution in [-0.4, -0.2) is 29.6 Å². The Labute approximate surface area is 93.3 Å². The van der Waals surface area contributed by atoms with Crippen LogP contribution in [0.5, 0.6) is 0 Å². The number of aliphatic hydroxyl groups is 1. The van der Waals surface area contributed by atoms with Crippen LogP contribution in [-0.2, 0) is 14.4 Å². The van der Waals surface area contributed by atoms with Crippen molar-refractivity contribution in [1.82, 2.24) is 10.6 Å². The third kappa shape index (κ3) is 11.8. The fourth-order valence-electron chi connectivity index (χ4n) is 0.374. The van der Waals surface area contributed by atoms with Crippen LogP contribution in [0.4, 0.5) is 0 Å². The van der Waals surface area contributed by atoms with Crippen LogP contribution >= 0.6 is 0 Å². The lowest BCUT2D eigenvalue weighted by atomic mass is 10.5. The SMILES string of the molecule is C=CC(=O)NC(=O)C=C.C=CC(=O)NCO. The molecule has 0 atom stereocenters. The number of rotatable bonds is 4. The summed E-state index contributed by atoms with van der Waals surface area (Å²) >= 11 is 0. The van der Waals surface area contributed by atoms with Crippen molar-refractivity contribution < 1.29 is 19.5 Å². The van der Waals surface area contributed by atoms with Crippen LogP contribution in [0, 0.1) is 0 Å². The van der Waals surface area contributed by atoms with Gasteiger partial charge in [0.1, 0.15) is 6.73 Å². The van der Waals surface area contributed by atoms with Gasteiger partial charge < -0.3 is 10.4 Å². The molecule has 88 valence electrons. The van der Waals surface area contributed by atoms with Crippen LogP contribution in [0.3, 0.4) is 0 Å². The Balaban J connectivity index is 0. The van der Waals surface area contributed by atoms with Crippen molar-refractivity contribution in [2.45, 2.75) is 0 Å². The lowest BCUT2D eigenvalue weighted by Crippen LogP contribution is -2.26. The second-order valence-corrected chi connectivity index (χ2v) is 2.17. The van der Waals surface area contributed by atoms with Crippen LogP contribution in [0.15, 0.2) is 38.0 Å². The van der Waals surface area contributed by atoms with E-state index >= 15 is 0 Å². The van der Waals surface area contributed by atoms with Gasteiger partial charge in [-0.3, -0.25) is 19.7 Å². The van der Waals surface area contributed by atoms with E-state index in [0.29, 0.717) is 0 Å². The minimum atomic E-state index is -0.514. The minimum absolute atomic E-state index is 0.329. The molecule has 0 aliphatic rings. The fraction of sp³-hybridized carbons (Fsp3) is 0.100. The predicted molar refractivity (Wildman–Crippen MR) is 59.0 cm³/mol. The summed E-state index contributed by atoms with van der Waals surface area (Å²) in [5.41, 5.74) is 0. The van der Waals surface area contributed by atoms with Crippen LogP contribution in [0.2, 0.25) is 0 Å². The highest BCUT2D eigenvalue weighted by Crippen LogP contribution is 1.68. The lowest BCUT2D eigenvalue weighted by molar-refractivity contribution is -0.125. The molecule has 0 rings (SSSR count). The van der Waals surface area contributed by atoms with Gasteiger partial charge in [-0.05, 0) is 18.2 Å². The molecule has 0 aromatic carbocycles. The summed E-state index contributed by atoms with van der Waals surface area (Å²) in [4.78, 5) is 30.6. The lowest BCUT2D eigenvalue weighted by Gasteiger charge is -1.91. The molecule has 0 saturated carbocycles. The zero-order valence-corrected chi connectivity index (χ0v) is 8.73. The molecule has 0 heterocycles. The van der Waals surface area contributed by atoms with E-state index in [-0.39, 0.29) is 12.6 Å². The van der Waals surface area contributed by atoms with Crippen molar-refractivity contribution in [1.29, 1.82) is 0 Å². The Hall–Kier alpha value is -2.21. The number of hydrogen-bond donors (Lipinski definition) is 3. The number of imide groups is 1. The first-order valence-electron chi connectivity index (χ1n) is 4.12. The first-order valence-corrected chi connectivity index (χ1v) is 4.12. The summed E-state index contributed by atoms with van der Waals surface area (Å²) in [7, 11) is 0. The molecule has 0 spiro atoms. The highest BCUT2D eigenvalue weighted by atomic mass is 16.3. The molecule has 0 fully saturated rings.